The molecule has 18 heavy (non-hydrogen) atoms. The van der Waals surface area contributed by atoms with Crippen LogP contribution in [0.5, 0.6) is 0 Å². The van der Waals surface area contributed by atoms with Gasteiger partial charge in [-0.1, -0.05) is 0 Å². The van der Waals surface area contributed by atoms with E-state index in [4.69, 9.17) is 0 Å². The van der Waals surface area contributed by atoms with Gasteiger partial charge in [0.25, 0.3) is 0 Å². The van der Waals surface area contributed by atoms with Crippen LogP contribution in [0, 0.1) is 0 Å². The van der Waals surface area contributed by atoms with E-state index in [-0.39, 0.29) is 0 Å². The molecule has 1 aliphatic rings. The number of carbonyl (C=O) groups is 1. The molecule has 2 N–H and O–H groups in total. The SMILES string of the molecule is CN(C)c1ccc(C(=O)O)c(C2CCNCC2)c1. The molecule has 0 spiro atoms. The summed E-state index contributed by atoms with van der Waals surface area (Å²) in [5.41, 5.74) is 2.50. The zero-order valence-corrected chi connectivity index (χ0v) is 10.9. The first-order valence-corrected chi connectivity index (χ1v) is 6.35. The molecule has 0 radical (unpaired) electrons. The molecule has 1 aromatic rings. The van der Waals surface area contributed by atoms with Gasteiger partial charge in [-0.25, -0.2) is 4.79 Å². The van der Waals surface area contributed by atoms with Gasteiger partial charge in [0.15, 0.2) is 0 Å². The van der Waals surface area contributed by atoms with Crippen molar-refractivity contribution >= 4 is 11.7 Å². The minimum atomic E-state index is -0.825. The number of nitrogens with one attached hydrogen (secondary N) is 1. The summed E-state index contributed by atoms with van der Waals surface area (Å²) in [7, 11) is 3.95. The first-order chi connectivity index (χ1) is 8.59. The molecule has 1 aliphatic heterocycles. The van der Waals surface area contributed by atoms with Crippen molar-refractivity contribution in [1.29, 1.82) is 0 Å². The summed E-state index contributed by atoms with van der Waals surface area (Å²) in [5, 5.41) is 12.6. The van der Waals surface area contributed by atoms with E-state index < -0.39 is 5.97 Å². The minimum absolute atomic E-state index is 0.359. The quantitative estimate of drug-likeness (QED) is 0.858. The highest BCUT2D eigenvalue weighted by Gasteiger charge is 2.21. The van der Waals surface area contributed by atoms with Crippen LogP contribution >= 0.6 is 0 Å². The molecule has 1 saturated heterocycles. The molecule has 0 bridgehead atoms. The van der Waals surface area contributed by atoms with Gasteiger partial charge in [-0.05, 0) is 55.6 Å². The fourth-order valence-corrected chi connectivity index (χ4v) is 2.49. The summed E-state index contributed by atoms with van der Waals surface area (Å²) in [6.45, 7) is 1.94. The molecular weight excluding hydrogens is 228 g/mol. The summed E-state index contributed by atoms with van der Waals surface area (Å²) in [6.07, 6.45) is 2.02. The van der Waals surface area contributed by atoms with Gasteiger partial charge in [0.05, 0.1) is 5.56 Å². The second-order valence-corrected chi connectivity index (χ2v) is 5.00. The number of benzene rings is 1. The van der Waals surface area contributed by atoms with E-state index in [2.05, 4.69) is 5.32 Å². The fourth-order valence-electron chi connectivity index (χ4n) is 2.49. The maximum absolute atomic E-state index is 11.3. The summed E-state index contributed by atoms with van der Waals surface area (Å²) in [5.74, 6) is -0.467. The largest absolute Gasteiger partial charge is 0.478 e. The van der Waals surface area contributed by atoms with Crippen molar-refractivity contribution in [1.82, 2.24) is 5.32 Å². The molecular formula is C14H20N2O2. The highest BCUT2D eigenvalue weighted by molar-refractivity contribution is 5.90. The molecule has 0 saturated carbocycles. The number of nitrogens with zero attached hydrogens (tertiary/aromatic N) is 1. The van der Waals surface area contributed by atoms with Crippen LogP contribution in [0.1, 0.15) is 34.7 Å². The Morgan fingerprint density at radius 3 is 2.56 bits per heavy atom. The number of hydrogen-bond acceptors (Lipinski definition) is 3. The van der Waals surface area contributed by atoms with E-state index in [0.29, 0.717) is 11.5 Å². The highest BCUT2D eigenvalue weighted by atomic mass is 16.4. The Morgan fingerprint density at radius 2 is 2.00 bits per heavy atom. The molecule has 0 amide bonds. The van der Waals surface area contributed by atoms with Gasteiger partial charge < -0.3 is 15.3 Å². The Morgan fingerprint density at radius 1 is 1.33 bits per heavy atom. The topological polar surface area (TPSA) is 52.6 Å². The molecule has 1 fully saturated rings. The third kappa shape index (κ3) is 2.64. The number of piperidine rings is 1. The van der Waals surface area contributed by atoms with Gasteiger partial charge >= 0.3 is 5.97 Å². The van der Waals surface area contributed by atoms with Crippen LogP contribution in [-0.2, 0) is 0 Å². The van der Waals surface area contributed by atoms with Crippen molar-refractivity contribution in [2.24, 2.45) is 0 Å². The lowest BCUT2D eigenvalue weighted by atomic mass is 9.86. The third-order valence-corrected chi connectivity index (χ3v) is 3.56. The third-order valence-electron chi connectivity index (χ3n) is 3.56. The van der Waals surface area contributed by atoms with E-state index in [9.17, 15) is 9.90 Å². The number of hydrogen-bond donors (Lipinski definition) is 2. The molecule has 2 rings (SSSR count). The van der Waals surface area contributed by atoms with Crippen LogP contribution < -0.4 is 10.2 Å². The van der Waals surface area contributed by atoms with E-state index in [1.54, 1.807) is 6.07 Å². The monoisotopic (exact) mass is 248 g/mol. The second kappa shape index (κ2) is 5.40. The molecule has 1 heterocycles. The normalized spacial score (nSPS) is 16.6. The lowest BCUT2D eigenvalue weighted by Gasteiger charge is -2.25. The molecule has 4 nitrogen and oxygen atoms in total. The molecule has 0 unspecified atom stereocenters. The summed E-state index contributed by atoms with van der Waals surface area (Å²) < 4.78 is 0. The van der Waals surface area contributed by atoms with Gasteiger partial charge in [-0.2, -0.15) is 0 Å². The van der Waals surface area contributed by atoms with Crippen molar-refractivity contribution < 1.29 is 9.90 Å². The number of rotatable bonds is 3. The smallest absolute Gasteiger partial charge is 0.335 e. The van der Waals surface area contributed by atoms with Crippen molar-refractivity contribution in [3.8, 4) is 0 Å². The molecule has 0 atom stereocenters. The summed E-state index contributed by atoms with van der Waals surface area (Å²) in [6, 6.07) is 5.63. The average molecular weight is 248 g/mol. The first-order valence-electron chi connectivity index (χ1n) is 6.35. The minimum Gasteiger partial charge on any atom is -0.478 e. The molecule has 0 aromatic heterocycles. The van der Waals surface area contributed by atoms with Crippen LogP contribution in [0.2, 0.25) is 0 Å². The van der Waals surface area contributed by atoms with Crippen molar-refractivity contribution in [2.75, 3.05) is 32.1 Å². The predicted octanol–water partition coefficient (Wildman–Crippen LogP) is 1.92. The Labute approximate surface area is 108 Å². The lowest BCUT2D eigenvalue weighted by Crippen LogP contribution is -2.27. The van der Waals surface area contributed by atoms with Gasteiger partial charge in [-0.3, -0.25) is 0 Å². The van der Waals surface area contributed by atoms with E-state index in [1.807, 2.05) is 31.1 Å². The molecule has 98 valence electrons. The Balaban J connectivity index is 2.39. The van der Waals surface area contributed by atoms with Crippen LogP contribution in [0.3, 0.4) is 0 Å². The maximum Gasteiger partial charge on any atom is 0.335 e. The molecule has 4 heteroatoms. The standard InChI is InChI=1S/C14H20N2O2/c1-16(2)11-3-4-12(14(17)18)13(9-11)10-5-7-15-8-6-10/h3-4,9-10,15H,5-8H2,1-2H3,(H,17,18). The van der Waals surface area contributed by atoms with Crippen LogP contribution in [0.15, 0.2) is 18.2 Å². The van der Waals surface area contributed by atoms with E-state index >= 15 is 0 Å². The average Bonchev–Trinajstić information content (AvgIpc) is 2.39. The van der Waals surface area contributed by atoms with E-state index in [0.717, 1.165) is 37.2 Å². The molecule has 0 aliphatic carbocycles. The van der Waals surface area contributed by atoms with Crippen LogP contribution in [-0.4, -0.2) is 38.3 Å². The Kier molecular flexibility index (Phi) is 3.87. The predicted molar refractivity (Wildman–Crippen MR) is 72.6 cm³/mol. The zero-order chi connectivity index (χ0) is 13.1. The van der Waals surface area contributed by atoms with E-state index in [1.165, 1.54) is 0 Å². The van der Waals surface area contributed by atoms with Crippen molar-refractivity contribution in [2.45, 2.75) is 18.8 Å². The van der Waals surface area contributed by atoms with Gasteiger partial charge in [0.2, 0.25) is 0 Å². The lowest BCUT2D eigenvalue weighted by molar-refractivity contribution is 0.0695. The number of carboxylic acids is 1. The molecule has 1 aromatic carbocycles. The van der Waals surface area contributed by atoms with Crippen molar-refractivity contribution in [3.05, 3.63) is 29.3 Å². The number of anilines is 1. The Bertz CT molecular complexity index is 437. The Hall–Kier alpha value is -1.55. The highest BCUT2D eigenvalue weighted by Crippen LogP contribution is 2.31. The second-order valence-electron chi connectivity index (χ2n) is 5.00. The van der Waals surface area contributed by atoms with Gasteiger partial charge in [-0.15, -0.1) is 0 Å². The van der Waals surface area contributed by atoms with Crippen molar-refractivity contribution in [3.63, 3.8) is 0 Å². The summed E-state index contributed by atoms with van der Waals surface area (Å²) in [4.78, 5) is 13.3. The van der Waals surface area contributed by atoms with Crippen LogP contribution in [0.4, 0.5) is 5.69 Å². The van der Waals surface area contributed by atoms with Gasteiger partial charge in [0, 0.05) is 19.8 Å². The van der Waals surface area contributed by atoms with Crippen LogP contribution in [0.25, 0.3) is 0 Å². The van der Waals surface area contributed by atoms with Gasteiger partial charge in [0.1, 0.15) is 0 Å². The summed E-state index contributed by atoms with van der Waals surface area (Å²) >= 11 is 0. The maximum atomic E-state index is 11.3. The number of carboxylic acid groups (broad SMARTS) is 1. The zero-order valence-electron chi connectivity index (χ0n) is 10.9. The fraction of sp³-hybridized carbons (Fsp3) is 0.500. The number of aromatic carboxylic acids is 1. The first kappa shape index (κ1) is 12.9.